The number of hydrogen-bond donors (Lipinski definition) is 2. The van der Waals surface area contributed by atoms with E-state index in [0.29, 0.717) is 12.1 Å². The minimum Gasteiger partial charge on any atom is -0.508 e. The summed E-state index contributed by atoms with van der Waals surface area (Å²) < 4.78 is 0. The fourth-order valence-corrected chi connectivity index (χ4v) is 2.62. The van der Waals surface area contributed by atoms with E-state index < -0.39 is 5.97 Å². The fourth-order valence-electron chi connectivity index (χ4n) is 2.62. The molecule has 20 heavy (non-hydrogen) atoms. The van der Waals surface area contributed by atoms with Gasteiger partial charge in [0.15, 0.2) is 0 Å². The van der Waals surface area contributed by atoms with Crippen molar-refractivity contribution in [2.75, 3.05) is 11.4 Å². The van der Waals surface area contributed by atoms with Crippen molar-refractivity contribution in [1.82, 2.24) is 0 Å². The molecule has 4 nitrogen and oxygen atoms in total. The fraction of sp³-hybridized carbons (Fsp3) is 0.188. The highest BCUT2D eigenvalue weighted by atomic mass is 16.4. The molecule has 3 rings (SSSR count). The minimum atomic E-state index is -0.906. The summed E-state index contributed by atoms with van der Waals surface area (Å²) in [5.74, 6) is -0.654. The third-order valence-electron chi connectivity index (χ3n) is 3.61. The lowest BCUT2D eigenvalue weighted by Crippen LogP contribution is -2.19. The number of aromatic hydroxyl groups is 1. The zero-order valence-electron chi connectivity index (χ0n) is 10.9. The van der Waals surface area contributed by atoms with E-state index in [-0.39, 0.29) is 5.75 Å². The van der Waals surface area contributed by atoms with Gasteiger partial charge in [0, 0.05) is 18.8 Å². The van der Waals surface area contributed by atoms with Crippen LogP contribution in [0.4, 0.5) is 5.69 Å². The van der Waals surface area contributed by atoms with Gasteiger partial charge in [0.05, 0.1) is 5.56 Å². The van der Waals surface area contributed by atoms with Crippen molar-refractivity contribution >= 4 is 11.7 Å². The van der Waals surface area contributed by atoms with Gasteiger partial charge in [0.25, 0.3) is 0 Å². The first-order valence-electron chi connectivity index (χ1n) is 6.52. The molecule has 0 fully saturated rings. The third-order valence-corrected chi connectivity index (χ3v) is 3.61. The molecule has 1 aliphatic rings. The van der Waals surface area contributed by atoms with Crippen molar-refractivity contribution in [3.8, 4) is 5.75 Å². The van der Waals surface area contributed by atoms with Crippen LogP contribution in [0.5, 0.6) is 5.75 Å². The van der Waals surface area contributed by atoms with Gasteiger partial charge in [0.1, 0.15) is 5.75 Å². The lowest BCUT2D eigenvalue weighted by atomic mass is 10.1. The Morgan fingerprint density at radius 3 is 2.80 bits per heavy atom. The molecule has 2 aromatic carbocycles. The summed E-state index contributed by atoms with van der Waals surface area (Å²) >= 11 is 0. The standard InChI is InChI=1S/C16H15NO3/c18-14-3-1-2-11(8-14)10-17-7-6-12-4-5-13(16(19)20)9-15(12)17/h1-5,8-9,18H,6-7,10H2,(H,19,20). The molecule has 2 aromatic rings. The van der Waals surface area contributed by atoms with Gasteiger partial charge in [-0.2, -0.15) is 0 Å². The van der Waals surface area contributed by atoms with E-state index in [1.165, 1.54) is 5.56 Å². The van der Waals surface area contributed by atoms with Crippen LogP contribution in [-0.4, -0.2) is 22.7 Å². The third kappa shape index (κ3) is 2.32. The van der Waals surface area contributed by atoms with Crippen molar-refractivity contribution in [1.29, 1.82) is 0 Å². The molecule has 102 valence electrons. The number of aromatic carboxylic acids is 1. The molecule has 4 heteroatoms. The second-order valence-electron chi connectivity index (χ2n) is 4.99. The van der Waals surface area contributed by atoms with Crippen LogP contribution in [0, 0.1) is 0 Å². The molecule has 0 aliphatic carbocycles. The number of rotatable bonds is 3. The van der Waals surface area contributed by atoms with Gasteiger partial charge < -0.3 is 15.1 Å². The van der Waals surface area contributed by atoms with E-state index >= 15 is 0 Å². The topological polar surface area (TPSA) is 60.8 Å². The number of phenols is 1. The van der Waals surface area contributed by atoms with Crippen LogP contribution in [0.15, 0.2) is 42.5 Å². The Morgan fingerprint density at radius 2 is 2.05 bits per heavy atom. The van der Waals surface area contributed by atoms with Gasteiger partial charge in [0.2, 0.25) is 0 Å². The molecule has 0 bridgehead atoms. The van der Waals surface area contributed by atoms with Crippen LogP contribution >= 0.6 is 0 Å². The predicted molar refractivity (Wildman–Crippen MR) is 76.3 cm³/mol. The van der Waals surface area contributed by atoms with E-state index in [9.17, 15) is 9.90 Å². The average molecular weight is 269 g/mol. The Hall–Kier alpha value is -2.49. The Labute approximate surface area is 116 Å². The maximum absolute atomic E-state index is 11.1. The molecular formula is C16H15NO3. The van der Waals surface area contributed by atoms with Crippen molar-refractivity contribution in [3.05, 3.63) is 59.2 Å². The molecule has 1 heterocycles. The number of benzene rings is 2. The summed E-state index contributed by atoms with van der Waals surface area (Å²) in [5.41, 5.74) is 3.48. The lowest BCUT2D eigenvalue weighted by Gasteiger charge is -2.20. The first-order valence-corrected chi connectivity index (χ1v) is 6.52. The summed E-state index contributed by atoms with van der Waals surface area (Å²) in [7, 11) is 0. The summed E-state index contributed by atoms with van der Waals surface area (Å²) in [5, 5.41) is 18.6. The summed E-state index contributed by atoms with van der Waals surface area (Å²) in [6.45, 7) is 1.54. The van der Waals surface area contributed by atoms with Crippen molar-refractivity contribution in [3.63, 3.8) is 0 Å². The highest BCUT2D eigenvalue weighted by molar-refractivity contribution is 5.89. The molecule has 0 saturated heterocycles. The molecule has 2 N–H and O–H groups in total. The highest BCUT2D eigenvalue weighted by Crippen LogP contribution is 2.30. The van der Waals surface area contributed by atoms with Gasteiger partial charge in [-0.05, 0) is 41.8 Å². The SMILES string of the molecule is O=C(O)c1ccc2c(c1)N(Cc1cccc(O)c1)CC2. The Kier molecular flexibility index (Phi) is 3.06. The maximum atomic E-state index is 11.1. The largest absolute Gasteiger partial charge is 0.508 e. The van der Waals surface area contributed by atoms with Crippen molar-refractivity contribution < 1.29 is 15.0 Å². The summed E-state index contributed by atoms with van der Waals surface area (Å²) in [6.07, 6.45) is 0.925. The summed E-state index contributed by atoms with van der Waals surface area (Å²) in [4.78, 5) is 13.2. The normalized spacial score (nSPS) is 13.3. The molecule has 0 radical (unpaired) electrons. The number of carboxylic acids is 1. The molecule has 1 aliphatic heterocycles. The Balaban J connectivity index is 1.88. The van der Waals surface area contributed by atoms with Gasteiger partial charge in [-0.3, -0.25) is 0 Å². The van der Waals surface area contributed by atoms with Crippen LogP contribution in [0.2, 0.25) is 0 Å². The molecule has 0 unspecified atom stereocenters. The first kappa shape index (κ1) is 12.5. The van der Waals surface area contributed by atoms with Crippen LogP contribution in [0.3, 0.4) is 0 Å². The number of phenolic OH excluding ortho intramolecular Hbond substituents is 1. The minimum absolute atomic E-state index is 0.251. The van der Waals surface area contributed by atoms with Gasteiger partial charge in [-0.25, -0.2) is 4.79 Å². The number of fused-ring (bicyclic) bond motifs is 1. The van der Waals surface area contributed by atoms with Crippen LogP contribution in [0.1, 0.15) is 21.5 Å². The number of carbonyl (C=O) groups is 1. The maximum Gasteiger partial charge on any atom is 0.335 e. The van der Waals surface area contributed by atoms with Gasteiger partial charge in [-0.1, -0.05) is 18.2 Å². The van der Waals surface area contributed by atoms with Gasteiger partial charge in [-0.15, -0.1) is 0 Å². The van der Waals surface area contributed by atoms with Crippen LogP contribution in [0.25, 0.3) is 0 Å². The molecule has 0 amide bonds. The second-order valence-corrected chi connectivity index (χ2v) is 4.99. The van der Waals surface area contributed by atoms with E-state index in [2.05, 4.69) is 4.90 Å². The van der Waals surface area contributed by atoms with Crippen molar-refractivity contribution in [2.45, 2.75) is 13.0 Å². The number of nitrogens with zero attached hydrogens (tertiary/aromatic N) is 1. The number of carboxylic acid groups (broad SMARTS) is 1. The van der Waals surface area contributed by atoms with Gasteiger partial charge >= 0.3 is 5.97 Å². The summed E-state index contributed by atoms with van der Waals surface area (Å²) in [6, 6.07) is 12.4. The first-order chi connectivity index (χ1) is 9.63. The zero-order chi connectivity index (χ0) is 14.1. The zero-order valence-corrected chi connectivity index (χ0v) is 10.9. The molecule has 0 atom stereocenters. The quantitative estimate of drug-likeness (QED) is 0.899. The molecule has 0 aromatic heterocycles. The Morgan fingerprint density at radius 1 is 1.20 bits per heavy atom. The van der Waals surface area contributed by atoms with Crippen molar-refractivity contribution in [2.24, 2.45) is 0 Å². The van der Waals surface area contributed by atoms with Crippen LogP contribution in [-0.2, 0) is 13.0 Å². The lowest BCUT2D eigenvalue weighted by molar-refractivity contribution is 0.0697. The number of anilines is 1. The highest BCUT2D eigenvalue weighted by Gasteiger charge is 2.20. The Bertz CT molecular complexity index is 667. The molecule has 0 spiro atoms. The van der Waals surface area contributed by atoms with E-state index in [1.54, 1.807) is 24.3 Å². The molecule has 0 saturated carbocycles. The monoisotopic (exact) mass is 269 g/mol. The van der Waals surface area contributed by atoms with E-state index in [0.717, 1.165) is 24.2 Å². The van der Waals surface area contributed by atoms with Crippen LogP contribution < -0.4 is 4.90 Å². The second kappa shape index (κ2) is 4.89. The molecular weight excluding hydrogens is 254 g/mol. The van der Waals surface area contributed by atoms with E-state index in [4.69, 9.17) is 5.11 Å². The smallest absolute Gasteiger partial charge is 0.335 e. The van der Waals surface area contributed by atoms with E-state index in [1.807, 2.05) is 18.2 Å². The average Bonchev–Trinajstić information content (AvgIpc) is 2.81. The number of hydrogen-bond acceptors (Lipinski definition) is 3. The predicted octanol–water partition coefficient (Wildman–Crippen LogP) is 2.65.